The second-order valence-electron chi connectivity index (χ2n) is 9.40. The summed E-state index contributed by atoms with van der Waals surface area (Å²) >= 11 is 1.51. The molecule has 1 atom stereocenters. The maximum absolute atomic E-state index is 12.9. The van der Waals surface area contributed by atoms with E-state index in [1.807, 2.05) is 30.3 Å². The van der Waals surface area contributed by atoms with E-state index in [1.165, 1.54) is 11.3 Å². The molecule has 38 heavy (non-hydrogen) atoms. The number of aromatic nitrogens is 3. The van der Waals surface area contributed by atoms with Gasteiger partial charge >= 0.3 is 0 Å². The quantitative estimate of drug-likeness (QED) is 0.374. The molecule has 3 aromatic heterocycles. The number of nitrogens with one attached hydrogen (secondary N) is 1. The molecule has 1 aromatic carbocycles. The number of carbonyl (C=O) groups is 2. The van der Waals surface area contributed by atoms with Crippen molar-refractivity contribution in [2.45, 2.75) is 31.7 Å². The van der Waals surface area contributed by atoms with Gasteiger partial charge in [0.2, 0.25) is 0 Å². The summed E-state index contributed by atoms with van der Waals surface area (Å²) in [4.78, 5) is 40.2. The predicted molar refractivity (Wildman–Crippen MR) is 145 cm³/mol. The minimum Gasteiger partial charge on any atom is -0.457 e. The Bertz CT molecular complexity index is 1480. The lowest BCUT2D eigenvalue weighted by molar-refractivity contribution is -0.121. The molecule has 1 saturated heterocycles. The van der Waals surface area contributed by atoms with Crippen molar-refractivity contribution in [1.29, 1.82) is 0 Å². The average Bonchev–Trinajstić information content (AvgIpc) is 3.36. The first kappa shape index (κ1) is 24.4. The van der Waals surface area contributed by atoms with Gasteiger partial charge in [-0.2, -0.15) is 0 Å². The number of Topliss-reactive ketones (excluding diaryl/α,β-unsaturated/α-hetero) is 1. The van der Waals surface area contributed by atoms with Gasteiger partial charge < -0.3 is 19.7 Å². The summed E-state index contributed by atoms with van der Waals surface area (Å²) in [7, 11) is 0. The van der Waals surface area contributed by atoms with Gasteiger partial charge in [-0.25, -0.2) is 4.98 Å². The van der Waals surface area contributed by atoms with Crippen LogP contribution in [-0.4, -0.2) is 63.9 Å². The highest BCUT2D eigenvalue weighted by Crippen LogP contribution is 2.33. The van der Waals surface area contributed by atoms with E-state index in [9.17, 15) is 9.59 Å². The summed E-state index contributed by atoms with van der Waals surface area (Å²) in [5.41, 5.74) is 2.78. The summed E-state index contributed by atoms with van der Waals surface area (Å²) in [6.45, 7) is 2.24. The molecular formula is C28H27N5O4S. The third-order valence-electron chi connectivity index (χ3n) is 6.76. The maximum Gasteiger partial charge on any atom is 0.255 e. The van der Waals surface area contributed by atoms with Crippen LogP contribution >= 0.6 is 11.3 Å². The Balaban J connectivity index is 1.18. The van der Waals surface area contributed by atoms with E-state index in [0.717, 1.165) is 40.2 Å². The normalized spacial score (nSPS) is 17.9. The standard InChI is InChI=1S/C28H27N5O4S/c34-25-4-2-1-3-22(25)31-28-32-23-6-5-20(15-26(23)38-28)37-21-7-8-30-24(14-21)18-13-19(17-29-16-18)27(35)33-9-11-36-12-10-33/h5-8,13-17,22H,1-4,9-12H2,(H,31,32)/t22-/m1/s1. The summed E-state index contributed by atoms with van der Waals surface area (Å²) in [5.74, 6) is 1.50. The Labute approximate surface area is 223 Å². The van der Waals surface area contributed by atoms with Gasteiger partial charge in [-0.15, -0.1) is 0 Å². The van der Waals surface area contributed by atoms with Gasteiger partial charge in [0.25, 0.3) is 5.91 Å². The minimum absolute atomic E-state index is 0.0605. The molecule has 2 aliphatic rings. The Kier molecular flexibility index (Phi) is 6.98. The maximum atomic E-state index is 12.9. The summed E-state index contributed by atoms with van der Waals surface area (Å²) in [5, 5.41) is 4.07. The molecule has 1 N–H and O–H groups in total. The first-order valence-corrected chi connectivity index (χ1v) is 13.6. The number of ketones is 1. The smallest absolute Gasteiger partial charge is 0.255 e. The van der Waals surface area contributed by atoms with Crippen molar-refractivity contribution in [3.63, 3.8) is 0 Å². The number of benzene rings is 1. The lowest BCUT2D eigenvalue weighted by atomic mass is 9.94. The number of carbonyl (C=O) groups excluding carboxylic acids is 2. The highest BCUT2D eigenvalue weighted by atomic mass is 32.1. The van der Waals surface area contributed by atoms with Crippen LogP contribution in [0.1, 0.15) is 36.0 Å². The van der Waals surface area contributed by atoms with Gasteiger partial charge in [0, 0.05) is 55.8 Å². The SMILES string of the molecule is O=C1CCCC[C@H]1Nc1nc2ccc(Oc3ccnc(-c4cncc(C(=O)N5CCOCC5)c4)c3)cc2s1. The molecule has 2 fully saturated rings. The highest BCUT2D eigenvalue weighted by molar-refractivity contribution is 7.22. The zero-order valence-electron chi connectivity index (χ0n) is 20.8. The molecule has 1 aliphatic heterocycles. The van der Waals surface area contributed by atoms with E-state index < -0.39 is 0 Å². The number of pyridine rings is 2. The molecule has 1 saturated carbocycles. The second kappa shape index (κ2) is 10.8. The third-order valence-corrected chi connectivity index (χ3v) is 7.71. The van der Waals surface area contributed by atoms with Gasteiger partial charge in [0.05, 0.1) is 40.7 Å². The summed E-state index contributed by atoms with van der Waals surface area (Å²) < 4.78 is 12.5. The van der Waals surface area contributed by atoms with Crippen molar-refractivity contribution >= 4 is 38.4 Å². The van der Waals surface area contributed by atoms with Crippen LogP contribution in [0.3, 0.4) is 0 Å². The van der Waals surface area contributed by atoms with Crippen molar-refractivity contribution in [3.8, 4) is 22.8 Å². The molecule has 0 radical (unpaired) electrons. The van der Waals surface area contributed by atoms with E-state index in [-0.39, 0.29) is 17.7 Å². The van der Waals surface area contributed by atoms with Crippen molar-refractivity contribution in [2.75, 3.05) is 31.6 Å². The number of thiazole rings is 1. The number of anilines is 1. The van der Waals surface area contributed by atoms with Crippen molar-refractivity contribution in [2.24, 2.45) is 0 Å². The second-order valence-corrected chi connectivity index (χ2v) is 10.4. The van der Waals surface area contributed by atoms with Gasteiger partial charge in [-0.05, 0) is 37.1 Å². The van der Waals surface area contributed by atoms with Crippen LogP contribution in [0.2, 0.25) is 0 Å². The lowest BCUT2D eigenvalue weighted by Crippen LogP contribution is -2.40. The third kappa shape index (κ3) is 5.36. The predicted octanol–water partition coefficient (Wildman–Crippen LogP) is 4.94. The van der Waals surface area contributed by atoms with Crippen LogP contribution in [0, 0.1) is 0 Å². The van der Waals surface area contributed by atoms with Crippen molar-refractivity contribution in [3.05, 3.63) is 60.6 Å². The molecule has 4 aromatic rings. The van der Waals surface area contributed by atoms with E-state index in [2.05, 4.69) is 20.3 Å². The van der Waals surface area contributed by atoms with Crippen LogP contribution in [0.25, 0.3) is 21.5 Å². The average molecular weight is 530 g/mol. The van der Waals surface area contributed by atoms with Gasteiger partial charge in [-0.1, -0.05) is 17.8 Å². The summed E-state index contributed by atoms with van der Waals surface area (Å²) in [6.07, 6.45) is 8.48. The van der Waals surface area contributed by atoms with Crippen LogP contribution < -0.4 is 10.1 Å². The number of hydrogen-bond donors (Lipinski definition) is 1. The van der Waals surface area contributed by atoms with Gasteiger partial charge in [0.1, 0.15) is 11.5 Å². The Hall–Kier alpha value is -3.89. The first-order valence-electron chi connectivity index (χ1n) is 12.8. The molecule has 0 bridgehead atoms. The number of amides is 1. The van der Waals surface area contributed by atoms with E-state index in [1.54, 1.807) is 29.6 Å². The number of fused-ring (bicyclic) bond motifs is 1. The fourth-order valence-electron chi connectivity index (χ4n) is 4.73. The van der Waals surface area contributed by atoms with E-state index in [0.29, 0.717) is 55.5 Å². The Morgan fingerprint density at radius 2 is 1.95 bits per heavy atom. The number of hydrogen-bond acceptors (Lipinski definition) is 9. The largest absolute Gasteiger partial charge is 0.457 e. The van der Waals surface area contributed by atoms with Crippen LogP contribution in [-0.2, 0) is 9.53 Å². The van der Waals surface area contributed by atoms with Gasteiger partial charge in [0.15, 0.2) is 10.9 Å². The monoisotopic (exact) mass is 529 g/mol. The first-order chi connectivity index (χ1) is 18.6. The number of morpholine rings is 1. The molecule has 0 unspecified atom stereocenters. The highest BCUT2D eigenvalue weighted by Gasteiger charge is 2.23. The van der Waals surface area contributed by atoms with E-state index >= 15 is 0 Å². The molecule has 1 amide bonds. The minimum atomic E-state index is -0.146. The van der Waals surface area contributed by atoms with Crippen LogP contribution in [0.15, 0.2) is 55.0 Å². The fraction of sp³-hybridized carbons (Fsp3) is 0.321. The lowest BCUT2D eigenvalue weighted by Gasteiger charge is -2.26. The zero-order chi connectivity index (χ0) is 25.9. The van der Waals surface area contributed by atoms with E-state index in [4.69, 9.17) is 9.47 Å². The number of rotatable bonds is 6. The zero-order valence-corrected chi connectivity index (χ0v) is 21.6. The summed E-state index contributed by atoms with van der Waals surface area (Å²) in [6, 6.07) is 11.0. The van der Waals surface area contributed by atoms with Crippen molar-refractivity contribution in [1.82, 2.24) is 19.9 Å². The molecule has 9 nitrogen and oxygen atoms in total. The molecular weight excluding hydrogens is 502 g/mol. The molecule has 194 valence electrons. The number of ether oxygens (including phenoxy) is 2. The molecule has 4 heterocycles. The number of nitrogens with zero attached hydrogens (tertiary/aromatic N) is 4. The molecule has 10 heteroatoms. The molecule has 6 rings (SSSR count). The topological polar surface area (TPSA) is 107 Å². The van der Waals surface area contributed by atoms with Crippen LogP contribution in [0.5, 0.6) is 11.5 Å². The molecule has 0 spiro atoms. The van der Waals surface area contributed by atoms with Crippen LogP contribution in [0.4, 0.5) is 5.13 Å². The molecule has 1 aliphatic carbocycles. The fourth-order valence-corrected chi connectivity index (χ4v) is 5.68. The van der Waals surface area contributed by atoms with Gasteiger partial charge in [-0.3, -0.25) is 19.6 Å². The van der Waals surface area contributed by atoms with Crippen molar-refractivity contribution < 1.29 is 19.1 Å². The Morgan fingerprint density at radius 3 is 2.82 bits per heavy atom. The Morgan fingerprint density at radius 1 is 1.08 bits per heavy atom.